The lowest BCUT2D eigenvalue weighted by atomic mass is 10.0. The first-order valence-electron chi connectivity index (χ1n) is 13.0. The van der Waals surface area contributed by atoms with Crippen LogP contribution in [-0.4, -0.2) is 70.1 Å². The predicted octanol–water partition coefficient (Wildman–Crippen LogP) is 2.72. The molecule has 5 N–H and O–H groups in total. The minimum Gasteiger partial charge on any atom is -0.494 e. The van der Waals surface area contributed by atoms with Crippen LogP contribution in [0.15, 0.2) is 52.6 Å². The quantitative estimate of drug-likeness (QED) is 0.120. The molecule has 1 aliphatic rings. The first-order chi connectivity index (χ1) is 20.2. The maximum atomic E-state index is 14.1. The molecule has 0 bridgehead atoms. The Labute approximate surface area is 246 Å². The Morgan fingerprint density at radius 3 is 2.81 bits per heavy atom. The third-order valence-corrected chi connectivity index (χ3v) is 6.80. The maximum Gasteiger partial charge on any atom is 0.255 e. The number of benzene rings is 2. The number of aromatic nitrogens is 2. The molecule has 14 heteroatoms. The molecular formula is C28H30ClFN8O4. The fraction of sp³-hybridized carbons (Fsp3) is 0.286. The molecular weight excluding hydrogens is 567 g/mol. The van der Waals surface area contributed by atoms with Gasteiger partial charge >= 0.3 is 0 Å². The van der Waals surface area contributed by atoms with E-state index in [1.54, 1.807) is 45.2 Å². The number of hydrazine groups is 1. The summed E-state index contributed by atoms with van der Waals surface area (Å²) in [5.41, 5.74) is 4.73. The van der Waals surface area contributed by atoms with E-state index in [4.69, 9.17) is 22.2 Å². The highest BCUT2D eigenvalue weighted by Crippen LogP contribution is 2.32. The summed E-state index contributed by atoms with van der Waals surface area (Å²) in [6.45, 7) is 3.38. The van der Waals surface area contributed by atoms with Crippen molar-refractivity contribution in [2.24, 2.45) is 15.8 Å². The van der Waals surface area contributed by atoms with Gasteiger partial charge in [0.15, 0.2) is 5.84 Å². The standard InChI is InChI=1S/C28H30ClFN8O4/c1-4-42-20-8-18(7-19(30)10-20)23(14-39)34-26(40)15(2)38-13-17-6-5-16(9-21(17)27(38)41)25-22(29)11-33-28(36-25)35-24(37-31)12-32-3/h5-12,15,23,39H,4,13-14,31H2,1-3H3,(H,34,40)(H,33,35,36,37)/t15-,23-/m1/s1. The summed E-state index contributed by atoms with van der Waals surface area (Å²) in [4.78, 5) is 44.6. The molecule has 0 spiro atoms. The van der Waals surface area contributed by atoms with E-state index in [0.29, 0.717) is 34.6 Å². The smallest absolute Gasteiger partial charge is 0.255 e. The Morgan fingerprint density at radius 1 is 1.33 bits per heavy atom. The number of rotatable bonds is 10. The zero-order valence-electron chi connectivity index (χ0n) is 23.1. The molecule has 0 aliphatic carbocycles. The zero-order valence-corrected chi connectivity index (χ0v) is 23.9. The van der Waals surface area contributed by atoms with Crippen LogP contribution in [-0.2, 0) is 11.3 Å². The van der Waals surface area contributed by atoms with E-state index in [1.807, 2.05) is 0 Å². The second-order valence-electron chi connectivity index (χ2n) is 9.27. The summed E-state index contributed by atoms with van der Waals surface area (Å²) in [7, 11) is 1.56. The Hall–Kier alpha value is -4.46. The zero-order chi connectivity index (χ0) is 30.4. The van der Waals surface area contributed by atoms with Gasteiger partial charge in [0, 0.05) is 30.8 Å². The molecule has 2 heterocycles. The van der Waals surface area contributed by atoms with Crippen molar-refractivity contribution in [3.63, 3.8) is 0 Å². The Kier molecular flexibility index (Phi) is 9.78. The van der Waals surface area contributed by atoms with Gasteiger partial charge in [-0.05, 0) is 43.2 Å². The van der Waals surface area contributed by atoms with Crippen molar-refractivity contribution in [3.05, 3.63) is 70.1 Å². The number of amides is 2. The molecule has 42 heavy (non-hydrogen) atoms. The van der Waals surface area contributed by atoms with Crippen LogP contribution in [0.1, 0.15) is 41.4 Å². The van der Waals surface area contributed by atoms with Gasteiger partial charge in [-0.2, -0.15) is 4.99 Å². The van der Waals surface area contributed by atoms with E-state index in [9.17, 15) is 19.1 Å². The Bertz CT molecular complexity index is 1550. The third-order valence-electron chi connectivity index (χ3n) is 6.52. The first kappa shape index (κ1) is 30.5. The van der Waals surface area contributed by atoms with Gasteiger partial charge < -0.3 is 25.5 Å². The van der Waals surface area contributed by atoms with Gasteiger partial charge in [-0.15, -0.1) is 0 Å². The number of fused-ring (bicyclic) bond motifs is 1. The van der Waals surface area contributed by atoms with E-state index in [0.717, 1.165) is 0 Å². The van der Waals surface area contributed by atoms with Crippen LogP contribution in [0.4, 0.5) is 10.3 Å². The van der Waals surface area contributed by atoms with Gasteiger partial charge in [0.1, 0.15) is 17.6 Å². The van der Waals surface area contributed by atoms with Gasteiger partial charge in [-0.1, -0.05) is 23.7 Å². The van der Waals surface area contributed by atoms with E-state index in [1.165, 1.54) is 29.4 Å². The molecule has 4 rings (SSSR count). The second kappa shape index (κ2) is 13.5. The number of aliphatic imine (C=N–C) groups is 2. The summed E-state index contributed by atoms with van der Waals surface area (Å²) >= 11 is 6.38. The molecule has 0 unspecified atom stereocenters. The number of nitrogens with two attached hydrogens (primary N) is 1. The van der Waals surface area contributed by atoms with Gasteiger partial charge in [0.2, 0.25) is 5.91 Å². The molecule has 2 aromatic carbocycles. The molecule has 3 aromatic rings. The predicted molar refractivity (Wildman–Crippen MR) is 156 cm³/mol. The molecule has 1 aliphatic heterocycles. The lowest BCUT2D eigenvalue weighted by Crippen LogP contribution is -2.46. The minimum atomic E-state index is -0.906. The average Bonchev–Trinajstić information content (AvgIpc) is 3.31. The number of ether oxygens (including phenoxy) is 1. The summed E-state index contributed by atoms with van der Waals surface area (Å²) in [6, 6.07) is 7.37. The van der Waals surface area contributed by atoms with Crippen LogP contribution >= 0.6 is 11.6 Å². The largest absolute Gasteiger partial charge is 0.494 e. The number of carbonyl (C=O) groups excluding carboxylic acids is 2. The monoisotopic (exact) mass is 596 g/mol. The lowest BCUT2D eigenvalue weighted by molar-refractivity contribution is -0.126. The van der Waals surface area contributed by atoms with E-state index < -0.39 is 30.4 Å². The fourth-order valence-corrected chi connectivity index (χ4v) is 4.63. The maximum absolute atomic E-state index is 14.1. The number of aliphatic hydroxyl groups is 1. The highest BCUT2D eigenvalue weighted by atomic mass is 35.5. The lowest BCUT2D eigenvalue weighted by Gasteiger charge is -2.26. The number of amidine groups is 1. The highest BCUT2D eigenvalue weighted by molar-refractivity contribution is 6.33. The first-order valence-corrected chi connectivity index (χ1v) is 13.4. The van der Waals surface area contributed by atoms with Gasteiger partial charge in [0.05, 0.1) is 42.4 Å². The number of hydrogen-bond donors (Lipinski definition) is 4. The average molecular weight is 597 g/mol. The van der Waals surface area contributed by atoms with Crippen molar-refractivity contribution < 1.29 is 23.8 Å². The van der Waals surface area contributed by atoms with Crippen LogP contribution in [0, 0.1) is 5.82 Å². The summed E-state index contributed by atoms with van der Waals surface area (Å²) < 4.78 is 19.5. The normalized spacial score (nSPS) is 14.6. The Morgan fingerprint density at radius 2 is 2.12 bits per heavy atom. The van der Waals surface area contributed by atoms with Crippen molar-refractivity contribution in [2.75, 3.05) is 20.3 Å². The van der Waals surface area contributed by atoms with Crippen molar-refractivity contribution in [2.45, 2.75) is 32.5 Å². The molecule has 2 amide bonds. The van der Waals surface area contributed by atoms with Crippen molar-refractivity contribution in [1.29, 1.82) is 0 Å². The van der Waals surface area contributed by atoms with Crippen LogP contribution < -0.4 is 21.3 Å². The summed E-state index contributed by atoms with van der Waals surface area (Å²) in [5.74, 6) is 4.59. The molecule has 12 nitrogen and oxygen atoms in total. The molecule has 2 atom stereocenters. The van der Waals surface area contributed by atoms with Crippen molar-refractivity contribution in [3.8, 4) is 17.0 Å². The van der Waals surface area contributed by atoms with E-state index >= 15 is 0 Å². The number of aliphatic hydroxyl groups excluding tert-OH is 1. The minimum absolute atomic E-state index is 0.0751. The van der Waals surface area contributed by atoms with Crippen LogP contribution in [0.2, 0.25) is 5.02 Å². The molecule has 1 aromatic heterocycles. The van der Waals surface area contributed by atoms with Crippen molar-refractivity contribution in [1.82, 2.24) is 25.6 Å². The molecule has 0 fully saturated rings. The second-order valence-corrected chi connectivity index (χ2v) is 9.68. The number of carbonyl (C=O) groups is 2. The van der Waals surface area contributed by atoms with Gasteiger partial charge in [-0.3, -0.25) is 14.6 Å². The molecule has 0 saturated heterocycles. The summed E-state index contributed by atoms with van der Waals surface area (Å²) in [5, 5.41) is 12.9. The van der Waals surface area contributed by atoms with Gasteiger partial charge in [0.25, 0.3) is 11.9 Å². The molecule has 0 radical (unpaired) electrons. The van der Waals surface area contributed by atoms with Crippen molar-refractivity contribution >= 4 is 41.4 Å². The third kappa shape index (κ3) is 6.70. The Balaban J connectivity index is 1.54. The highest BCUT2D eigenvalue weighted by Gasteiger charge is 2.35. The number of nitrogens with zero attached hydrogens (tertiary/aromatic N) is 5. The molecule has 0 saturated carbocycles. The van der Waals surface area contributed by atoms with E-state index in [2.05, 4.69) is 30.7 Å². The number of nitrogens with one attached hydrogen (secondary N) is 2. The fourth-order valence-electron chi connectivity index (χ4n) is 4.43. The van der Waals surface area contributed by atoms with Gasteiger partial charge in [-0.25, -0.2) is 20.2 Å². The van der Waals surface area contributed by atoms with E-state index in [-0.39, 0.29) is 35.0 Å². The molecule has 220 valence electrons. The SMILES string of the molecule is CCOc1cc(F)cc([C@@H](CO)NC(=O)[C@@H](C)N2Cc3ccc(-c4nc(N=C(C=NC)NN)ncc4Cl)cc3C2=O)c1. The number of halogens is 2. The van der Waals surface area contributed by atoms with Crippen LogP contribution in [0.3, 0.4) is 0 Å². The van der Waals surface area contributed by atoms with Crippen LogP contribution in [0.25, 0.3) is 11.3 Å². The topological polar surface area (TPSA) is 167 Å². The summed E-state index contributed by atoms with van der Waals surface area (Å²) in [6.07, 6.45) is 2.79. The van der Waals surface area contributed by atoms with Crippen LogP contribution in [0.5, 0.6) is 5.75 Å². The number of hydrogen-bond acceptors (Lipinski definition) is 9.